The zero-order chi connectivity index (χ0) is 14.4. The fourth-order valence-electron chi connectivity index (χ4n) is 1.71. The molecule has 2 aromatic rings. The van der Waals surface area contributed by atoms with Gasteiger partial charge in [0.15, 0.2) is 5.82 Å². The molecular formula is C12H16N4O3S. The van der Waals surface area contributed by atoms with Crippen molar-refractivity contribution in [2.75, 3.05) is 18.4 Å². The molecule has 0 aliphatic rings. The van der Waals surface area contributed by atoms with Gasteiger partial charge in [0.25, 0.3) is 0 Å². The molecule has 8 heteroatoms. The Morgan fingerprint density at radius 3 is 2.80 bits per heavy atom. The van der Waals surface area contributed by atoms with Crippen LogP contribution in [0.1, 0.15) is 12.7 Å². The third-order valence-electron chi connectivity index (χ3n) is 2.59. The van der Waals surface area contributed by atoms with Crippen LogP contribution in [0, 0.1) is 0 Å². The van der Waals surface area contributed by atoms with Crippen molar-refractivity contribution in [1.29, 1.82) is 0 Å². The summed E-state index contributed by atoms with van der Waals surface area (Å²) < 4.78 is 31.6. The summed E-state index contributed by atoms with van der Waals surface area (Å²) >= 11 is 0. The lowest BCUT2D eigenvalue weighted by molar-refractivity contribution is 0.410. The van der Waals surface area contributed by atoms with E-state index in [1.165, 1.54) is 6.39 Å². The van der Waals surface area contributed by atoms with Crippen molar-refractivity contribution >= 4 is 15.7 Å². The monoisotopic (exact) mass is 296 g/mol. The quantitative estimate of drug-likeness (QED) is 0.792. The molecule has 0 spiro atoms. The first-order chi connectivity index (χ1) is 9.63. The van der Waals surface area contributed by atoms with Gasteiger partial charge in [0.1, 0.15) is 4.90 Å². The third kappa shape index (κ3) is 3.55. The van der Waals surface area contributed by atoms with Crippen LogP contribution in [0.5, 0.6) is 0 Å². The minimum atomic E-state index is -3.57. The average molecular weight is 296 g/mol. The van der Waals surface area contributed by atoms with Crippen LogP contribution < -0.4 is 10.0 Å². The first-order valence-electron chi connectivity index (χ1n) is 6.21. The number of anilines is 1. The minimum Gasteiger partial charge on any atom is -0.384 e. The number of hydrogen-bond donors (Lipinski definition) is 2. The highest BCUT2D eigenvalue weighted by Crippen LogP contribution is 2.20. The highest BCUT2D eigenvalue weighted by Gasteiger charge is 2.17. The summed E-state index contributed by atoms with van der Waals surface area (Å²) in [5.74, 6) is 0.465. The Hall–Kier alpha value is -1.93. The summed E-state index contributed by atoms with van der Waals surface area (Å²) in [6.07, 6.45) is 1.59. The molecule has 7 nitrogen and oxygen atoms in total. The highest BCUT2D eigenvalue weighted by molar-refractivity contribution is 7.89. The van der Waals surface area contributed by atoms with E-state index in [2.05, 4.69) is 24.7 Å². The molecule has 20 heavy (non-hydrogen) atoms. The van der Waals surface area contributed by atoms with Gasteiger partial charge in [0.05, 0.1) is 5.69 Å². The summed E-state index contributed by atoms with van der Waals surface area (Å²) in [5.41, 5.74) is 0.585. The fourth-order valence-corrected chi connectivity index (χ4v) is 2.93. The van der Waals surface area contributed by atoms with E-state index in [4.69, 9.17) is 0 Å². The largest absolute Gasteiger partial charge is 0.384 e. The molecule has 0 aliphatic carbocycles. The Morgan fingerprint density at radius 2 is 2.10 bits per heavy atom. The van der Waals surface area contributed by atoms with Gasteiger partial charge in [-0.05, 0) is 19.1 Å². The predicted molar refractivity (Wildman–Crippen MR) is 73.8 cm³/mol. The van der Waals surface area contributed by atoms with Crippen LogP contribution >= 0.6 is 0 Å². The third-order valence-corrected chi connectivity index (χ3v) is 4.11. The van der Waals surface area contributed by atoms with E-state index in [0.717, 1.165) is 0 Å². The molecule has 0 unspecified atom stereocenters. The van der Waals surface area contributed by atoms with E-state index in [9.17, 15) is 8.42 Å². The summed E-state index contributed by atoms with van der Waals surface area (Å²) in [5, 5.41) is 6.65. The van der Waals surface area contributed by atoms with Crippen molar-refractivity contribution in [3.05, 3.63) is 36.5 Å². The highest BCUT2D eigenvalue weighted by atomic mass is 32.2. The molecule has 1 aromatic carbocycles. The molecule has 0 saturated heterocycles. The van der Waals surface area contributed by atoms with Gasteiger partial charge in [-0.15, -0.1) is 0 Å². The Labute approximate surface area is 117 Å². The van der Waals surface area contributed by atoms with Crippen LogP contribution in [0.4, 0.5) is 5.69 Å². The molecule has 2 N–H and O–H groups in total. The Bertz CT molecular complexity index is 640. The van der Waals surface area contributed by atoms with Crippen LogP contribution in [-0.2, 0) is 16.4 Å². The van der Waals surface area contributed by atoms with Crippen LogP contribution in [0.2, 0.25) is 0 Å². The summed E-state index contributed by atoms with van der Waals surface area (Å²) in [6.45, 7) is 2.77. The molecule has 0 fully saturated rings. The lowest BCUT2D eigenvalue weighted by atomic mass is 10.3. The molecule has 0 atom stereocenters. The topological polar surface area (TPSA) is 97.1 Å². The van der Waals surface area contributed by atoms with Crippen LogP contribution in [-0.4, -0.2) is 31.6 Å². The van der Waals surface area contributed by atoms with Gasteiger partial charge in [-0.3, -0.25) is 0 Å². The maximum absolute atomic E-state index is 12.2. The molecule has 0 saturated carbocycles. The molecule has 2 rings (SSSR count). The van der Waals surface area contributed by atoms with Crippen molar-refractivity contribution in [2.24, 2.45) is 0 Å². The number of nitrogens with one attached hydrogen (secondary N) is 2. The van der Waals surface area contributed by atoms with Crippen molar-refractivity contribution in [1.82, 2.24) is 14.9 Å². The van der Waals surface area contributed by atoms with Crippen molar-refractivity contribution in [2.45, 2.75) is 18.2 Å². The number of nitrogens with zero attached hydrogens (tertiary/aromatic N) is 2. The van der Waals surface area contributed by atoms with E-state index in [0.29, 0.717) is 24.5 Å². The maximum Gasteiger partial charge on any atom is 0.242 e. The van der Waals surface area contributed by atoms with Gasteiger partial charge in [0.2, 0.25) is 16.4 Å². The first kappa shape index (κ1) is 14.5. The summed E-state index contributed by atoms with van der Waals surface area (Å²) in [7, 11) is -3.57. The Kier molecular flexibility index (Phi) is 4.70. The SMILES string of the molecule is CCNc1ccccc1S(=O)(=O)NCCc1ncon1. The van der Waals surface area contributed by atoms with E-state index in [1.54, 1.807) is 24.3 Å². The zero-order valence-corrected chi connectivity index (χ0v) is 11.9. The lowest BCUT2D eigenvalue weighted by Crippen LogP contribution is -2.27. The molecule has 1 aromatic heterocycles. The van der Waals surface area contributed by atoms with E-state index < -0.39 is 10.0 Å². The van der Waals surface area contributed by atoms with Gasteiger partial charge in [-0.1, -0.05) is 17.3 Å². The van der Waals surface area contributed by atoms with Gasteiger partial charge in [-0.25, -0.2) is 13.1 Å². The zero-order valence-electron chi connectivity index (χ0n) is 11.0. The summed E-state index contributed by atoms with van der Waals surface area (Å²) in [6, 6.07) is 6.77. The standard InChI is InChI=1S/C12H16N4O3S/c1-2-13-10-5-3-4-6-11(10)20(17,18)15-8-7-12-14-9-19-16-12/h3-6,9,13,15H,2,7-8H2,1H3. The number of rotatable bonds is 7. The molecular weight excluding hydrogens is 280 g/mol. The molecule has 0 radical (unpaired) electrons. The molecule has 1 heterocycles. The van der Waals surface area contributed by atoms with Crippen LogP contribution in [0.3, 0.4) is 0 Å². The minimum absolute atomic E-state index is 0.211. The first-order valence-corrected chi connectivity index (χ1v) is 7.69. The molecule has 0 bridgehead atoms. The van der Waals surface area contributed by atoms with Gasteiger partial charge < -0.3 is 9.84 Å². The van der Waals surface area contributed by atoms with Gasteiger partial charge >= 0.3 is 0 Å². The van der Waals surface area contributed by atoms with E-state index >= 15 is 0 Å². The molecule has 0 aliphatic heterocycles. The van der Waals surface area contributed by atoms with Crippen molar-refractivity contribution in [3.63, 3.8) is 0 Å². The van der Waals surface area contributed by atoms with E-state index in [-0.39, 0.29) is 11.4 Å². The predicted octanol–water partition coefficient (Wildman–Crippen LogP) is 1.02. The molecule has 0 amide bonds. The number of benzene rings is 1. The Balaban J connectivity index is 2.06. The fraction of sp³-hybridized carbons (Fsp3) is 0.333. The van der Waals surface area contributed by atoms with Gasteiger partial charge in [-0.2, -0.15) is 4.98 Å². The van der Waals surface area contributed by atoms with Crippen molar-refractivity contribution < 1.29 is 12.9 Å². The number of aromatic nitrogens is 2. The maximum atomic E-state index is 12.2. The van der Waals surface area contributed by atoms with Crippen molar-refractivity contribution in [3.8, 4) is 0 Å². The second kappa shape index (κ2) is 6.49. The number of sulfonamides is 1. The summed E-state index contributed by atoms with van der Waals surface area (Å²) in [4.78, 5) is 4.06. The average Bonchev–Trinajstić information content (AvgIpc) is 2.92. The number of hydrogen-bond acceptors (Lipinski definition) is 6. The van der Waals surface area contributed by atoms with E-state index in [1.807, 2.05) is 6.92 Å². The number of para-hydroxylation sites is 1. The normalized spacial score (nSPS) is 11.4. The second-order valence-electron chi connectivity index (χ2n) is 4.02. The Morgan fingerprint density at radius 1 is 1.30 bits per heavy atom. The molecule has 108 valence electrons. The van der Waals surface area contributed by atoms with Crippen LogP contribution in [0.15, 0.2) is 40.1 Å². The smallest absolute Gasteiger partial charge is 0.242 e. The van der Waals surface area contributed by atoms with Gasteiger partial charge in [0, 0.05) is 19.5 Å². The second-order valence-corrected chi connectivity index (χ2v) is 5.76. The van der Waals surface area contributed by atoms with Crippen LogP contribution in [0.25, 0.3) is 0 Å². The lowest BCUT2D eigenvalue weighted by Gasteiger charge is -2.11.